The van der Waals surface area contributed by atoms with Gasteiger partial charge in [-0.15, -0.1) is 0 Å². The van der Waals surface area contributed by atoms with E-state index in [9.17, 15) is 9.59 Å². The molecule has 2 aromatic carbocycles. The van der Waals surface area contributed by atoms with Gasteiger partial charge in [-0.25, -0.2) is 9.78 Å². The average molecular weight is 391 g/mol. The Morgan fingerprint density at radius 1 is 1.17 bits per heavy atom. The number of carbonyl (C=O) groups excluding carboxylic acids is 1. The molecule has 1 saturated heterocycles. The van der Waals surface area contributed by atoms with Gasteiger partial charge in [0.2, 0.25) is 0 Å². The molecule has 0 aliphatic carbocycles. The van der Waals surface area contributed by atoms with Crippen molar-refractivity contribution < 1.29 is 9.53 Å². The van der Waals surface area contributed by atoms with Gasteiger partial charge in [0.15, 0.2) is 0 Å². The lowest BCUT2D eigenvalue weighted by Gasteiger charge is -2.31. The molecule has 3 aromatic rings. The van der Waals surface area contributed by atoms with Crippen LogP contribution in [-0.2, 0) is 17.7 Å². The first-order valence-electron chi connectivity index (χ1n) is 10.00. The number of methoxy groups -OCH3 is 1. The summed E-state index contributed by atoms with van der Waals surface area (Å²) in [6.45, 7) is 2.58. The van der Waals surface area contributed by atoms with Crippen LogP contribution in [0.5, 0.6) is 0 Å². The zero-order valence-corrected chi connectivity index (χ0v) is 16.6. The first-order chi connectivity index (χ1) is 14.1. The van der Waals surface area contributed by atoms with Crippen LogP contribution in [0.3, 0.4) is 0 Å². The number of hydrogen-bond donors (Lipinski definition) is 1. The minimum absolute atomic E-state index is 0.180. The average Bonchev–Trinajstić information content (AvgIpc) is 2.75. The number of benzene rings is 2. The van der Waals surface area contributed by atoms with E-state index in [0.29, 0.717) is 34.8 Å². The monoisotopic (exact) mass is 391 g/mol. The Kier molecular flexibility index (Phi) is 5.71. The second-order valence-corrected chi connectivity index (χ2v) is 7.65. The molecular weight excluding hydrogens is 366 g/mol. The minimum atomic E-state index is -0.434. The maximum absolute atomic E-state index is 12.4. The van der Waals surface area contributed by atoms with E-state index in [1.54, 1.807) is 18.2 Å². The Bertz CT molecular complexity index is 1050. The smallest absolute Gasteiger partial charge is 0.337 e. The summed E-state index contributed by atoms with van der Waals surface area (Å²) in [4.78, 5) is 34.0. The fourth-order valence-corrected chi connectivity index (χ4v) is 4.02. The molecule has 1 fully saturated rings. The van der Waals surface area contributed by atoms with Crippen molar-refractivity contribution in [1.82, 2.24) is 14.9 Å². The lowest BCUT2D eigenvalue weighted by molar-refractivity contribution is 0.0601. The molecule has 0 spiro atoms. The molecule has 1 aliphatic heterocycles. The van der Waals surface area contributed by atoms with E-state index in [1.165, 1.54) is 12.7 Å². The van der Waals surface area contributed by atoms with Crippen molar-refractivity contribution in [3.63, 3.8) is 0 Å². The number of esters is 1. The van der Waals surface area contributed by atoms with Crippen molar-refractivity contribution in [3.8, 4) is 0 Å². The summed E-state index contributed by atoms with van der Waals surface area (Å²) in [5.74, 6) is 0.891. The predicted molar refractivity (Wildman–Crippen MR) is 112 cm³/mol. The van der Waals surface area contributed by atoms with Crippen LogP contribution in [0.15, 0.2) is 53.3 Å². The molecule has 0 radical (unpaired) electrons. The number of H-pyrrole nitrogens is 1. The molecule has 0 bridgehead atoms. The molecule has 0 atom stereocenters. The van der Waals surface area contributed by atoms with Crippen LogP contribution in [0.1, 0.15) is 34.6 Å². The van der Waals surface area contributed by atoms with Crippen LogP contribution in [0.2, 0.25) is 0 Å². The standard InChI is InChI=1S/C23H25N3O3/c1-29-23(28)18-7-8-19-20(14-18)24-21(25-22(19)27)15-26-11-9-17(10-12-26)13-16-5-3-2-4-6-16/h2-8,14,17H,9-13,15H2,1H3,(H,24,25,27). The highest BCUT2D eigenvalue weighted by Crippen LogP contribution is 2.22. The Morgan fingerprint density at radius 2 is 1.93 bits per heavy atom. The molecule has 0 saturated carbocycles. The SMILES string of the molecule is COC(=O)c1ccc2c(=O)[nH]c(CN3CCC(Cc4ccccc4)CC3)nc2c1. The van der Waals surface area contributed by atoms with Gasteiger partial charge in [-0.1, -0.05) is 30.3 Å². The number of likely N-dealkylation sites (tertiary alicyclic amines) is 1. The summed E-state index contributed by atoms with van der Waals surface area (Å²) in [6.07, 6.45) is 3.40. The summed E-state index contributed by atoms with van der Waals surface area (Å²) < 4.78 is 4.76. The number of nitrogens with zero attached hydrogens (tertiary/aromatic N) is 2. The van der Waals surface area contributed by atoms with E-state index >= 15 is 0 Å². The molecule has 1 N–H and O–H groups in total. The maximum atomic E-state index is 12.4. The fourth-order valence-electron chi connectivity index (χ4n) is 4.02. The second kappa shape index (κ2) is 8.57. The molecule has 1 aliphatic rings. The molecule has 0 amide bonds. The molecule has 0 unspecified atom stereocenters. The van der Waals surface area contributed by atoms with Gasteiger partial charge in [0, 0.05) is 0 Å². The number of fused-ring (bicyclic) bond motifs is 1. The zero-order chi connectivity index (χ0) is 20.2. The second-order valence-electron chi connectivity index (χ2n) is 7.65. The predicted octanol–water partition coefficient (Wildman–Crippen LogP) is 3.16. The van der Waals surface area contributed by atoms with Gasteiger partial charge in [0.05, 0.1) is 30.1 Å². The number of rotatable bonds is 5. The van der Waals surface area contributed by atoms with E-state index in [1.807, 2.05) is 0 Å². The van der Waals surface area contributed by atoms with Gasteiger partial charge >= 0.3 is 5.97 Å². The topological polar surface area (TPSA) is 75.3 Å². The van der Waals surface area contributed by atoms with Gasteiger partial charge in [0.1, 0.15) is 5.82 Å². The number of carbonyl (C=O) groups is 1. The lowest BCUT2D eigenvalue weighted by Crippen LogP contribution is -2.34. The van der Waals surface area contributed by atoms with E-state index in [-0.39, 0.29) is 5.56 Å². The third kappa shape index (κ3) is 4.54. The number of piperidine rings is 1. The van der Waals surface area contributed by atoms with Crippen molar-refractivity contribution in [3.05, 3.63) is 75.8 Å². The number of hydrogen-bond acceptors (Lipinski definition) is 5. The molecular formula is C23H25N3O3. The van der Waals surface area contributed by atoms with Crippen molar-refractivity contribution >= 4 is 16.9 Å². The van der Waals surface area contributed by atoms with Crippen LogP contribution < -0.4 is 5.56 Å². The van der Waals surface area contributed by atoms with Crippen molar-refractivity contribution in [2.45, 2.75) is 25.8 Å². The third-order valence-electron chi connectivity index (χ3n) is 5.62. The molecule has 6 nitrogen and oxygen atoms in total. The number of nitrogens with one attached hydrogen (secondary N) is 1. The molecule has 1 aromatic heterocycles. The van der Waals surface area contributed by atoms with E-state index in [4.69, 9.17) is 4.74 Å². The van der Waals surface area contributed by atoms with Crippen molar-refractivity contribution in [1.29, 1.82) is 0 Å². The Labute approximate surface area is 169 Å². The normalized spacial score (nSPS) is 15.5. The van der Waals surface area contributed by atoms with Gasteiger partial charge in [-0.2, -0.15) is 0 Å². The summed E-state index contributed by atoms with van der Waals surface area (Å²) >= 11 is 0. The largest absolute Gasteiger partial charge is 0.465 e. The van der Waals surface area contributed by atoms with Crippen LogP contribution in [0.25, 0.3) is 10.9 Å². The zero-order valence-electron chi connectivity index (χ0n) is 16.6. The fraction of sp³-hybridized carbons (Fsp3) is 0.348. The summed E-state index contributed by atoms with van der Waals surface area (Å²) in [6, 6.07) is 15.4. The third-order valence-corrected chi connectivity index (χ3v) is 5.62. The number of aromatic nitrogens is 2. The van der Waals surface area contributed by atoms with Gasteiger partial charge in [0.25, 0.3) is 5.56 Å². The Morgan fingerprint density at radius 3 is 2.66 bits per heavy atom. The van der Waals surface area contributed by atoms with E-state index in [2.05, 4.69) is 45.2 Å². The molecule has 150 valence electrons. The van der Waals surface area contributed by atoms with Crippen LogP contribution in [-0.4, -0.2) is 41.0 Å². The lowest BCUT2D eigenvalue weighted by atomic mass is 9.90. The first kappa shape index (κ1) is 19.3. The molecule has 29 heavy (non-hydrogen) atoms. The maximum Gasteiger partial charge on any atom is 0.337 e. The molecule has 4 rings (SSSR count). The van der Waals surface area contributed by atoms with Gasteiger partial charge in [-0.3, -0.25) is 9.69 Å². The number of ether oxygens (including phenoxy) is 1. The summed E-state index contributed by atoms with van der Waals surface area (Å²) in [5.41, 5.74) is 2.13. The summed E-state index contributed by atoms with van der Waals surface area (Å²) in [7, 11) is 1.34. The Balaban J connectivity index is 1.43. The minimum Gasteiger partial charge on any atom is -0.465 e. The van der Waals surface area contributed by atoms with Crippen molar-refractivity contribution in [2.75, 3.05) is 20.2 Å². The van der Waals surface area contributed by atoms with Gasteiger partial charge in [-0.05, 0) is 62.0 Å². The highest BCUT2D eigenvalue weighted by molar-refractivity contribution is 5.93. The van der Waals surface area contributed by atoms with E-state index in [0.717, 1.165) is 32.4 Å². The highest BCUT2D eigenvalue weighted by atomic mass is 16.5. The highest BCUT2D eigenvalue weighted by Gasteiger charge is 2.20. The van der Waals surface area contributed by atoms with Crippen LogP contribution >= 0.6 is 0 Å². The first-order valence-corrected chi connectivity index (χ1v) is 10.00. The van der Waals surface area contributed by atoms with Crippen molar-refractivity contribution in [2.24, 2.45) is 5.92 Å². The molecule has 6 heteroatoms. The van der Waals surface area contributed by atoms with Crippen LogP contribution in [0.4, 0.5) is 0 Å². The summed E-state index contributed by atoms with van der Waals surface area (Å²) in [5, 5.41) is 0.475. The Hall–Kier alpha value is -2.99. The van der Waals surface area contributed by atoms with Gasteiger partial charge < -0.3 is 9.72 Å². The quantitative estimate of drug-likeness (QED) is 0.676. The van der Waals surface area contributed by atoms with Crippen LogP contribution in [0, 0.1) is 5.92 Å². The number of aromatic amines is 1. The van der Waals surface area contributed by atoms with E-state index < -0.39 is 5.97 Å². The molecule has 2 heterocycles.